The molecule has 0 aliphatic carbocycles. The average molecular weight is 488 g/mol. The summed E-state index contributed by atoms with van der Waals surface area (Å²) in [6.45, 7) is 0.115. The molecule has 3 aromatic rings. The van der Waals surface area contributed by atoms with Gasteiger partial charge in [-0.15, -0.1) is 0 Å². The highest BCUT2D eigenvalue weighted by molar-refractivity contribution is 7.92. The third kappa shape index (κ3) is 6.96. The number of amides is 2. The molecular weight excluding hydrogens is 466 g/mol. The number of carbonyl (C=O) groups excluding carboxylic acids is 2. The van der Waals surface area contributed by atoms with Gasteiger partial charge in [-0.2, -0.15) is 0 Å². The van der Waals surface area contributed by atoms with Gasteiger partial charge in [0.05, 0.1) is 12.0 Å². The maximum absolute atomic E-state index is 12.7. The molecule has 0 saturated carbocycles. The molecule has 172 valence electrons. The summed E-state index contributed by atoms with van der Waals surface area (Å²) in [4.78, 5) is 24.3. The highest BCUT2D eigenvalue weighted by Gasteiger charge is 2.15. The molecule has 33 heavy (non-hydrogen) atoms. The Morgan fingerprint density at radius 2 is 1.64 bits per heavy atom. The van der Waals surface area contributed by atoms with Gasteiger partial charge < -0.3 is 15.4 Å². The molecule has 2 amide bonds. The van der Waals surface area contributed by atoms with Gasteiger partial charge in [-0.3, -0.25) is 14.3 Å². The second-order valence-corrected chi connectivity index (χ2v) is 9.04. The maximum Gasteiger partial charge on any atom is 0.261 e. The summed E-state index contributed by atoms with van der Waals surface area (Å²) in [5.41, 5.74) is 1.13. The fraction of sp³-hybridized carbons (Fsp3) is 0.130. The van der Waals surface area contributed by atoms with Gasteiger partial charge in [0.25, 0.3) is 15.9 Å². The van der Waals surface area contributed by atoms with Gasteiger partial charge in [0.15, 0.2) is 0 Å². The molecule has 10 heteroatoms. The first-order chi connectivity index (χ1) is 15.8. The second kappa shape index (κ2) is 10.8. The minimum atomic E-state index is -3.86. The molecule has 0 aliphatic heterocycles. The van der Waals surface area contributed by atoms with Crippen LogP contribution in [0.3, 0.4) is 0 Å². The van der Waals surface area contributed by atoms with Crippen molar-refractivity contribution >= 4 is 44.8 Å². The largest absolute Gasteiger partial charge is 0.497 e. The van der Waals surface area contributed by atoms with Crippen molar-refractivity contribution in [2.75, 3.05) is 23.7 Å². The van der Waals surface area contributed by atoms with E-state index in [1.165, 1.54) is 25.3 Å². The summed E-state index contributed by atoms with van der Waals surface area (Å²) in [5, 5.41) is 5.81. The summed E-state index contributed by atoms with van der Waals surface area (Å²) in [7, 11) is -2.34. The minimum Gasteiger partial charge on any atom is -0.497 e. The predicted octanol–water partition coefficient (Wildman–Crippen LogP) is 3.91. The van der Waals surface area contributed by atoms with E-state index in [2.05, 4.69) is 15.4 Å². The Morgan fingerprint density at radius 1 is 0.939 bits per heavy atom. The second-order valence-electron chi connectivity index (χ2n) is 6.92. The fourth-order valence-electron chi connectivity index (χ4n) is 2.83. The smallest absolute Gasteiger partial charge is 0.261 e. The van der Waals surface area contributed by atoms with Crippen LogP contribution in [0, 0.1) is 0 Å². The van der Waals surface area contributed by atoms with Crippen molar-refractivity contribution in [1.29, 1.82) is 0 Å². The Balaban J connectivity index is 1.55. The summed E-state index contributed by atoms with van der Waals surface area (Å²) in [6.07, 6.45) is 0.0143. The summed E-state index contributed by atoms with van der Waals surface area (Å²) >= 11 is 5.80. The molecule has 0 fully saturated rings. The van der Waals surface area contributed by atoms with Crippen molar-refractivity contribution in [2.45, 2.75) is 11.3 Å². The average Bonchev–Trinajstić information content (AvgIpc) is 2.80. The van der Waals surface area contributed by atoms with Gasteiger partial charge in [0.2, 0.25) is 5.91 Å². The Labute approximate surface area is 197 Å². The van der Waals surface area contributed by atoms with Crippen molar-refractivity contribution < 1.29 is 22.7 Å². The van der Waals surface area contributed by atoms with Crippen LogP contribution in [0.4, 0.5) is 11.4 Å². The van der Waals surface area contributed by atoms with Crippen molar-refractivity contribution in [3.63, 3.8) is 0 Å². The van der Waals surface area contributed by atoms with Crippen LogP contribution in [0.1, 0.15) is 16.8 Å². The Bertz CT molecular complexity index is 1230. The number of carbonyl (C=O) groups is 2. The van der Waals surface area contributed by atoms with E-state index in [1.807, 2.05) is 0 Å². The summed E-state index contributed by atoms with van der Waals surface area (Å²) < 4.78 is 32.9. The molecule has 0 bridgehead atoms. The van der Waals surface area contributed by atoms with Crippen LogP contribution in [-0.2, 0) is 14.8 Å². The summed E-state index contributed by atoms with van der Waals surface area (Å²) in [6, 6.07) is 18.7. The molecule has 0 aromatic heterocycles. The van der Waals surface area contributed by atoms with E-state index in [9.17, 15) is 18.0 Å². The van der Waals surface area contributed by atoms with Crippen LogP contribution in [0.15, 0.2) is 77.7 Å². The number of halogens is 1. The monoisotopic (exact) mass is 487 g/mol. The van der Waals surface area contributed by atoms with Crippen molar-refractivity contribution in [1.82, 2.24) is 5.32 Å². The number of rotatable bonds is 9. The third-order valence-electron chi connectivity index (χ3n) is 4.51. The molecule has 0 radical (unpaired) electrons. The number of sulfonamides is 1. The molecule has 0 aliphatic rings. The number of methoxy groups -OCH3 is 1. The Morgan fingerprint density at radius 3 is 2.30 bits per heavy atom. The molecule has 0 unspecified atom stereocenters. The molecule has 0 atom stereocenters. The zero-order valence-electron chi connectivity index (χ0n) is 17.7. The molecule has 3 aromatic carbocycles. The predicted molar refractivity (Wildman–Crippen MR) is 127 cm³/mol. The van der Waals surface area contributed by atoms with E-state index in [4.69, 9.17) is 16.3 Å². The molecule has 3 N–H and O–H groups in total. The SMILES string of the molecule is COc1ccc(NS(=O)(=O)c2cccc(NC(=O)CCNC(=O)c3ccc(Cl)cc3)c2)cc1. The highest BCUT2D eigenvalue weighted by atomic mass is 35.5. The van der Waals surface area contributed by atoms with Crippen LogP contribution in [0.25, 0.3) is 0 Å². The lowest BCUT2D eigenvalue weighted by Crippen LogP contribution is -2.27. The summed E-state index contributed by atoms with van der Waals surface area (Å²) in [5.74, 6) is -0.0896. The molecule has 0 spiro atoms. The topological polar surface area (TPSA) is 114 Å². The number of nitrogens with one attached hydrogen (secondary N) is 3. The van der Waals surface area contributed by atoms with Crippen molar-refractivity contribution in [3.05, 3.63) is 83.4 Å². The molecule has 8 nitrogen and oxygen atoms in total. The van der Waals surface area contributed by atoms with Gasteiger partial charge in [0, 0.05) is 34.9 Å². The van der Waals surface area contributed by atoms with E-state index < -0.39 is 10.0 Å². The van der Waals surface area contributed by atoms with Gasteiger partial charge in [-0.05, 0) is 66.7 Å². The molecule has 0 saturated heterocycles. The van der Waals surface area contributed by atoms with Crippen LogP contribution in [0.2, 0.25) is 5.02 Å². The molecule has 3 rings (SSSR count). The van der Waals surface area contributed by atoms with Crippen LogP contribution in [-0.4, -0.2) is 33.9 Å². The molecule has 0 heterocycles. The van der Waals surface area contributed by atoms with E-state index >= 15 is 0 Å². The van der Waals surface area contributed by atoms with Gasteiger partial charge >= 0.3 is 0 Å². The van der Waals surface area contributed by atoms with Crippen LogP contribution < -0.4 is 20.1 Å². The maximum atomic E-state index is 12.7. The van der Waals surface area contributed by atoms with Crippen LogP contribution in [0.5, 0.6) is 5.75 Å². The standard InChI is InChI=1S/C23H22ClN3O5S/c1-32-20-11-9-18(10-12-20)27-33(30,31)21-4-2-3-19(15-21)26-22(28)13-14-25-23(29)16-5-7-17(24)8-6-16/h2-12,15,27H,13-14H2,1H3,(H,25,29)(H,26,28). The first-order valence-corrected chi connectivity index (χ1v) is 11.7. The number of benzene rings is 3. The number of hydrogen-bond acceptors (Lipinski definition) is 5. The van der Waals surface area contributed by atoms with E-state index in [1.54, 1.807) is 54.6 Å². The molecular formula is C23H22ClN3O5S. The van der Waals surface area contributed by atoms with Gasteiger partial charge in [-0.25, -0.2) is 8.42 Å². The zero-order valence-corrected chi connectivity index (χ0v) is 19.2. The third-order valence-corrected chi connectivity index (χ3v) is 6.15. The number of anilines is 2. The minimum absolute atomic E-state index is 0.00726. The van der Waals surface area contributed by atoms with E-state index in [-0.39, 0.29) is 29.7 Å². The van der Waals surface area contributed by atoms with E-state index in [0.29, 0.717) is 27.7 Å². The van der Waals surface area contributed by atoms with E-state index in [0.717, 1.165) is 0 Å². The Kier molecular flexibility index (Phi) is 7.92. The highest BCUT2D eigenvalue weighted by Crippen LogP contribution is 2.21. The van der Waals surface area contributed by atoms with Gasteiger partial charge in [0.1, 0.15) is 5.75 Å². The lowest BCUT2D eigenvalue weighted by molar-refractivity contribution is -0.116. The normalized spacial score (nSPS) is 10.8. The zero-order chi connectivity index (χ0) is 23.8. The lowest BCUT2D eigenvalue weighted by atomic mass is 10.2. The van der Waals surface area contributed by atoms with Crippen molar-refractivity contribution in [2.24, 2.45) is 0 Å². The number of hydrogen-bond donors (Lipinski definition) is 3. The Hall–Kier alpha value is -3.56. The quantitative estimate of drug-likeness (QED) is 0.423. The van der Waals surface area contributed by atoms with Crippen molar-refractivity contribution in [3.8, 4) is 5.75 Å². The number of ether oxygens (including phenoxy) is 1. The first kappa shape index (κ1) is 24.1. The fourth-order valence-corrected chi connectivity index (χ4v) is 4.06. The first-order valence-electron chi connectivity index (χ1n) is 9.87. The van der Waals surface area contributed by atoms with Gasteiger partial charge in [-0.1, -0.05) is 17.7 Å². The van der Waals surface area contributed by atoms with Crippen LogP contribution >= 0.6 is 11.6 Å². The lowest BCUT2D eigenvalue weighted by Gasteiger charge is -2.11.